The lowest BCUT2D eigenvalue weighted by Gasteiger charge is -2.07. The van der Waals surface area contributed by atoms with Crippen LogP contribution >= 0.6 is 11.6 Å². The van der Waals surface area contributed by atoms with Crippen LogP contribution in [0.15, 0.2) is 65.3 Å². The number of hydrogen-bond donors (Lipinski definition) is 0. The van der Waals surface area contributed by atoms with Crippen molar-refractivity contribution in [2.75, 3.05) is 6.61 Å². The van der Waals surface area contributed by atoms with E-state index in [1.165, 1.54) is 0 Å². The van der Waals surface area contributed by atoms with Crippen molar-refractivity contribution in [1.29, 1.82) is 5.26 Å². The normalized spacial score (nSPS) is 10.7. The monoisotopic (exact) mass is 418 g/mol. The Labute approximate surface area is 179 Å². The van der Waals surface area contributed by atoms with Crippen molar-refractivity contribution < 1.29 is 9.15 Å². The highest BCUT2D eigenvalue weighted by molar-refractivity contribution is 6.30. The van der Waals surface area contributed by atoms with Crippen molar-refractivity contribution in [3.8, 4) is 29.1 Å². The van der Waals surface area contributed by atoms with Gasteiger partial charge in [0, 0.05) is 29.4 Å². The van der Waals surface area contributed by atoms with Crippen LogP contribution in [0.2, 0.25) is 5.02 Å². The average Bonchev–Trinajstić information content (AvgIpc) is 3.38. The summed E-state index contributed by atoms with van der Waals surface area (Å²) in [4.78, 5) is 8.95. The Bertz CT molecular complexity index is 1190. The zero-order chi connectivity index (χ0) is 20.9. The molecule has 0 atom stereocenters. The molecule has 2 aromatic heterocycles. The highest BCUT2D eigenvalue weighted by Gasteiger charge is 2.17. The fourth-order valence-electron chi connectivity index (χ4n) is 3.12. The van der Waals surface area contributed by atoms with Gasteiger partial charge in [-0.25, -0.2) is 4.98 Å². The summed E-state index contributed by atoms with van der Waals surface area (Å²) in [5.41, 5.74) is 2.22. The van der Waals surface area contributed by atoms with E-state index in [4.69, 9.17) is 25.7 Å². The minimum Gasteiger partial charge on any atom is -0.492 e. The van der Waals surface area contributed by atoms with Crippen LogP contribution in [-0.4, -0.2) is 21.1 Å². The van der Waals surface area contributed by atoms with Crippen molar-refractivity contribution >= 4 is 11.6 Å². The Hall–Kier alpha value is -3.56. The number of aromatic nitrogens is 3. The first-order valence-electron chi connectivity index (χ1n) is 9.53. The maximum atomic E-state index is 9.18. The number of para-hydroxylation sites is 1. The molecular formula is C23H19ClN4O2. The van der Waals surface area contributed by atoms with Crippen LogP contribution in [0.25, 0.3) is 17.3 Å². The fraction of sp³-hybridized carbons (Fsp3) is 0.174. The molecule has 0 aliphatic rings. The highest BCUT2D eigenvalue weighted by atomic mass is 35.5. The molecule has 0 fully saturated rings. The minimum absolute atomic E-state index is 0.457. The summed E-state index contributed by atoms with van der Waals surface area (Å²) < 4.78 is 13.7. The second-order valence-corrected chi connectivity index (χ2v) is 7.12. The number of nitrogens with zero attached hydrogens (tertiary/aromatic N) is 4. The molecule has 30 heavy (non-hydrogen) atoms. The Balaban J connectivity index is 1.54. The number of hydrogen-bond acceptors (Lipinski definition) is 5. The molecule has 2 heterocycles. The average molecular weight is 419 g/mol. The van der Waals surface area contributed by atoms with E-state index in [1.807, 2.05) is 54.1 Å². The third-order valence-electron chi connectivity index (χ3n) is 4.65. The van der Waals surface area contributed by atoms with Gasteiger partial charge in [-0.2, -0.15) is 10.2 Å². The van der Waals surface area contributed by atoms with Crippen LogP contribution < -0.4 is 4.74 Å². The standard InChI is InChI=1S/C23H19ClN4O2/c1-16-26-12-13-28(16)23-27-22(17-8-10-19(24)11-9-17)21(30-23)7-4-14-29-20-6-3-2-5-18(20)15-25/h2-3,5-6,8-13H,4,7,14H2,1H3. The van der Waals surface area contributed by atoms with Crippen LogP contribution in [0.4, 0.5) is 0 Å². The second-order valence-electron chi connectivity index (χ2n) is 6.68. The second kappa shape index (κ2) is 8.85. The zero-order valence-electron chi connectivity index (χ0n) is 16.4. The molecule has 0 radical (unpaired) electrons. The van der Waals surface area contributed by atoms with Gasteiger partial charge in [0.05, 0.1) is 12.2 Å². The maximum Gasteiger partial charge on any atom is 0.307 e. The molecule has 7 heteroatoms. The van der Waals surface area contributed by atoms with E-state index in [2.05, 4.69) is 11.1 Å². The van der Waals surface area contributed by atoms with Gasteiger partial charge in [0.15, 0.2) is 0 Å². The number of benzene rings is 2. The molecule has 2 aromatic carbocycles. The van der Waals surface area contributed by atoms with Crippen molar-refractivity contribution in [3.05, 3.63) is 83.1 Å². The minimum atomic E-state index is 0.457. The number of imidazole rings is 1. The summed E-state index contributed by atoms with van der Waals surface area (Å²) >= 11 is 6.04. The van der Waals surface area contributed by atoms with E-state index in [0.717, 1.165) is 22.8 Å². The Morgan fingerprint density at radius 2 is 1.97 bits per heavy atom. The highest BCUT2D eigenvalue weighted by Crippen LogP contribution is 2.28. The van der Waals surface area contributed by atoms with E-state index < -0.39 is 0 Å². The van der Waals surface area contributed by atoms with Gasteiger partial charge >= 0.3 is 6.01 Å². The van der Waals surface area contributed by atoms with Crippen LogP contribution in [0, 0.1) is 18.3 Å². The zero-order valence-corrected chi connectivity index (χ0v) is 17.1. The number of ether oxygens (including phenoxy) is 1. The quantitative estimate of drug-likeness (QED) is 0.377. The van der Waals surface area contributed by atoms with E-state index >= 15 is 0 Å². The van der Waals surface area contributed by atoms with Crippen molar-refractivity contribution in [1.82, 2.24) is 14.5 Å². The molecule has 0 unspecified atom stereocenters. The van der Waals surface area contributed by atoms with Gasteiger partial charge in [-0.3, -0.25) is 4.57 Å². The number of aryl methyl sites for hydroxylation is 2. The molecule has 0 aliphatic heterocycles. The SMILES string of the molecule is Cc1nccn1-c1nc(-c2ccc(Cl)cc2)c(CCCOc2ccccc2C#N)o1. The molecule has 0 bridgehead atoms. The number of halogens is 1. The Kier molecular flexibility index (Phi) is 5.82. The van der Waals surface area contributed by atoms with Gasteiger partial charge in [0.2, 0.25) is 0 Å². The lowest BCUT2D eigenvalue weighted by molar-refractivity contribution is 0.305. The molecule has 0 amide bonds. The van der Waals surface area contributed by atoms with Gasteiger partial charge in [0.1, 0.15) is 29.1 Å². The molecule has 0 saturated carbocycles. The largest absolute Gasteiger partial charge is 0.492 e. The van der Waals surface area contributed by atoms with E-state index in [1.54, 1.807) is 18.3 Å². The Morgan fingerprint density at radius 1 is 1.17 bits per heavy atom. The van der Waals surface area contributed by atoms with Crippen LogP contribution in [0.1, 0.15) is 23.6 Å². The van der Waals surface area contributed by atoms with Crippen molar-refractivity contribution in [2.45, 2.75) is 19.8 Å². The molecule has 0 aliphatic carbocycles. The topological polar surface area (TPSA) is 76.9 Å². The van der Waals surface area contributed by atoms with Crippen LogP contribution in [0.5, 0.6) is 5.75 Å². The first-order chi connectivity index (χ1) is 14.7. The van der Waals surface area contributed by atoms with Gasteiger partial charge in [-0.05, 0) is 37.6 Å². The lowest BCUT2D eigenvalue weighted by atomic mass is 10.1. The fourth-order valence-corrected chi connectivity index (χ4v) is 3.25. The smallest absolute Gasteiger partial charge is 0.307 e. The molecule has 150 valence electrons. The van der Waals surface area contributed by atoms with Gasteiger partial charge < -0.3 is 9.15 Å². The molecule has 4 rings (SSSR count). The summed E-state index contributed by atoms with van der Waals surface area (Å²) in [5, 5.41) is 9.85. The Morgan fingerprint density at radius 3 is 2.70 bits per heavy atom. The number of rotatable bonds is 7. The third kappa shape index (κ3) is 4.22. The summed E-state index contributed by atoms with van der Waals surface area (Å²) in [7, 11) is 0. The first kappa shape index (κ1) is 19.7. The predicted octanol–water partition coefficient (Wildman–Crippen LogP) is 5.37. The third-order valence-corrected chi connectivity index (χ3v) is 4.90. The summed E-state index contributed by atoms with van der Waals surface area (Å²) in [5.74, 6) is 2.14. The van der Waals surface area contributed by atoms with Crippen LogP contribution in [0.3, 0.4) is 0 Å². The number of nitriles is 1. The van der Waals surface area contributed by atoms with Gasteiger partial charge in [0.25, 0.3) is 0 Å². The molecular weight excluding hydrogens is 400 g/mol. The van der Waals surface area contributed by atoms with Gasteiger partial charge in [-0.15, -0.1) is 0 Å². The maximum absolute atomic E-state index is 9.18. The van der Waals surface area contributed by atoms with Crippen molar-refractivity contribution in [3.63, 3.8) is 0 Å². The summed E-state index contributed by atoms with van der Waals surface area (Å²) in [6.45, 7) is 2.35. The number of oxazole rings is 1. The van der Waals surface area contributed by atoms with E-state index in [0.29, 0.717) is 41.8 Å². The molecule has 0 spiro atoms. The molecule has 4 aromatic rings. The van der Waals surface area contributed by atoms with E-state index in [-0.39, 0.29) is 0 Å². The van der Waals surface area contributed by atoms with Crippen molar-refractivity contribution in [2.24, 2.45) is 0 Å². The lowest BCUT2D eigenvalue weighted by Crippen LogP contribution is -2.01. The summed E-state index contributed by atoms with van der Waals surface area (Å²) in [6, 6.07) is 17.3. The molecule has 0 N–H and O–H groups in total. The van der Waals surface area contributed by atoms with E-state index in [9.17, 15) is 5.26 Å². The first-order valence-corrected chi connectivity index (χ1v) is 9.91. The molecule has 6 nitrogen and oxygen atoms in total. The predicted molar refractivity (Wildman–Crippen MR) is 114 cm³/mol. The summed E-state index contributed by atoms with van der Waals surface area (Å²) in [6.07, 6.45) is 4.87. The van der Waals surface area contributed by atoms with Crippen LogP contribution in [-0.2, 0) is 6.42 Å². The molecule has 0 saturated heterocycles. The van der Waals surface area contributed by atoms with Gasteiger partial charge in [-0.1, -0.05) is 35.9 Å².